The minimum atomic E-state index is -4.30. The standard InChI is InChI=1S/C15H14N2O7S/c18-15(19)10-16(24-11-12-4-2-1-3-5-12)25(22,23)14-8-6-13(7-9-14)17(20)21/h1-9H,10-11H2,(H,18,19). The number of nitrogens with zero attached hydrogens (tertiary/aromatic N) is 2. The molecule has 0 heterocycles. The van der Waals surface area contributed by atoms with Gasteiger partial charge in [0.05, 0.1) is 16.4 Å². The first kappa shape index (κ1) is 18.5. The Balaban J connectivity index is 2.25. The van der Waals surface area contributed by atoms with Crippen LogP contribution in [0.2, 0.25) is 0 Å². The van der Waals surface area contributed by atoms with Gasteiger partial charge >= 0.3 is 5.97 Å². The van der Waals surface area contributed by atoms with Crippen LogP contribution in [-0.4, -0.2) is 35.4 Å². The highest BCUT2D eigenvalue weighted by Gasteiger charge is 2.28. The molecule has 0 spiro atoms. The number of non-ortho nitro benzene ring substituents is 1. The van der Waals surface area contributed by atoms with Crippen LogP contribution in [0.4, 0.5) is 5.69 Å². The second kappa shape index (κ2) is 7.83. The van der Waals surface area contributed by atoms with Crippen molar-refractivity contribution in [2.45, 2.75) is 11.5 Å². The number of carboxylic acids is 1. The molecule has 0 saturated carbocycles. The number of hydrogen-bond acceptors (Lipinski definition) is 6. The van der Waals surface area contributed by atoms with E-state index < -0.39 is 27.5 Å². The van der Waals surface area contributed by atoms with Crippen molar-refractivity contribution in [2.24, 2.45) is 0 Å². The molecule has 0 radical (unpaired) electrons. The zero-order valence-corrected chi connectivity index (χ0v) is 13.6. The van der Waals surface area contributed by atoms with Crippen LogP contribution in [0.15, 0.2) is 59.5 Å². The van der Waals surface area contributed by atoms with Crippen molar-refractivity contribution in [3.05, 3.63) is 70.3 Å². The summed E-state index contributed by atoms with van der Waals surface area (Å²) >= 11 is 0. The Morgan fingerprint density at radius 3 is 2.24 bits per heavy atom. The summed E-state index contributed by atoms with van der Waals surface area (Å²) in [5.41, 5.74) is 0.366. The molecule has 132 valence electrons. The summed E-state index contributed by atoms with van der Waals surface area (Å²) in [6, 6.07) is 12.7. The lowest BCUT2D eigenvalue weighted by Crippen LogP contribution is -2.35. The molecule has 2 aromatic carbocycles. The maximum absolute atomic E-state index is 12.5. The lowest BCUT2D eigenvalue weighted by Gasteiger charge is -2.19. The Morgan fingerprint density at radius 2 is 1.72 bits per heavy atom. The van der Waals surface area contributed by atoms with Crippen molar-refractivity contribution in [1.29, 1.82) is 0 Å². The molecule has 0 bridgehead atoms. The molecule has 2 aromatic rings. The van der Waals surface area contributed by atoms with E-state index in [1.54, 1.807) is 30.3 Å². The second-order valence-corrected chi connectivity index (χ2v) is 6.70. The van der Waals surface area contributed by atoms with Gasteiger partial charge < -0.3 is 5.11 Å². The first-order valence-electron chi connectivity index (χ1n) is 6.96. The van der Waals surface area contributed by atoms with E-state index in [0.717, 1.165) is 24.3 Å². The normalized spacial score (nSPS) is 11.4. The molecule has 9 nitrogen and oxygen atoms in total. The molecule has 0 aromatic heterocycles. The lowest BCUT2D eigenvalue weighted by molar-refractivity contribution is -0.384. The van der Waals surface area contributed by atoms with Crippen LogP contribution in [0, 0.1) is 10.1 Å². The van der Waals surface area contributed by atoms with Crippen molar-refractivity contribution < 1.29 is 28.1 Å². The number of rotatable bonds is 8. The van der Waals surface area contributed by atoms with Crippen molar-refractivity contribution in [3.8, 4) is 0 Å². The Bertz CT molecular complexity index is 851. The van der Waals surface area contributed by atoms with Gasteiger partial charge in [-0.3, -0.25) is 19.7 Å². The molecule has 0 amide bonds. The summed E-state index contributed by atoms with van der Waals surface area (Å²) in [6.07, 6.45) is 0. The fourth-order valence-electron chi connectivity index (χ4n) is 1.89. The van der Waals surface area contributed by atoms with Crippen molar-refractivity contribution in [3.63, 3.8) is 0 Å². The molecule has 2 rings (SSSR count). The van der Waals surface area contributed by atoms with E-state index in [1.165, 1.54) is 0 Å². The zero-order chi connectivity index (χ0) is 18.4. The van der Waals surface area contributed by atoms with E-state index in [2.05, 4.69) is 0 Å². The van der Waals surface area contributed by atoms with E-state index in [4.69, 9.17) is 9.94 Å². The third-order valence-corrected chi connectivity index (χ3v) is 4.73. The average Bonchev–Trinajstić information content (AvgIpc) is 2.59. The maximum Gasteiger partial charge on any atom is 0.321 e. The summed E-state index contributed by atoms with van der Waals surface area (Å²) < 4.78 is 25.4. The van der Waals surface area contributed by atoms with Gasteiger partial charge in [-0.2, -0.15) is 0 Å². The van der Waals surface area contributed by atoms with E-state index in [9.17, 15) is 23.3 Å². The number of nitro benzene ring substituents is 1. The Kier molecular flexibility index (Phi) is 5.80. The largest absolute Gasteiger partial charge is 0.480 e. The van der Waals surface area contributed by atoms with E-state index in [0.29, 0.717) is 10.0 Å². The fraction of sp³-hybridized carbons (Fsp3) is 0.133. The predicted octanol–water partition coefficient (Wildman–Crippen LogP) is 1.80. The molecular formula is C15H14N2O7S. The monoisotopic (exact) mass is 366 g/mol. The Labute approximate surface area is 143 Å². The minimum absolute atomic E-state index is 0.152. The van der Waals surface area contributed by atoms with Gasteiger partial charge in [0.1, 0.15) is 6.54 Å². The van der Waals surface area contributed by atoms with Gasteiger partial charge in [-0.25, -0.2) is 8.42 Å². The molecule has 0 aliphatic heterocycles. The van der Waals surface area contributed by atoms with Crippen molar-refractivity contribution >= 4 is 21.7 Å². The first-order valence-corrected chi connectivity index (χ1v) is 8.40. The molecule has 0 aliphatic rings. The van der Waals surface area contributed by atoms with Crippen LogP contribution in [0.3, 0.4) is 0 Å². The molecule has 0 unspecified atom stereocenters. The topological polar surface area (TPSA) is 127 Å². The SMILES string of the molecule is O=C(O)CN(OCc1ccccc1)S(=O)(=O)c1ccc([N+](=O)[O-])cc1. The molecule has 25 heavy (non-hydrogen) atoms. The molecule has 0 saturated heterocycles. The highest BCUT2D eigenvalue weighted by molar-refractivity contribution is 7.89. The number of sulfonamides is 1. The van der Waals surface area contributed by atoms with Crippen LogP contribution in [0.5, 0.6) is 0 Å². The van der Waals surface area contributed by atoms with Gasteiger partial charge in [-0.15, -0.1) is 0 Å². The number of carbonyl (C=O) groups is 1. The summed E-state index contributed by atoms with van der Waals surface area (Å²) in [5, 5.41) is 19.6. The number of aliphatic carboxylic acids is 1. The van der Waals surface area contributed by atoms with Gasteiger partial charge in [0.15, 0.2) is 0 Å². The second-order valence-electron chi connectivity index (χ2n) is 4.87. The minimum Gasteiger partial charge on any atom is -0.480 e. The van der Waals surface area contributed by atoms with Crippen molar-refractivity contribution in [2.75, 3.05) is 6.54 Å². The number of hydroxylamine groups is 1. The highest BCUT2D eigenvalue weighted by atomic mass is 32.2. The van der Waals surface area contributed by atoms with Gasteiger partial charge in [-0.05, 0) is 17.7 Å². The quantitative estimate of drug-likeness (QED) is 0.557. The molecule has 0 atom stereocenters. The van der Waals surface area contributed by atoms with Crippen LogP contribution in [0.25, 0.3) is 0 Å². The van der Waals surface area contributed by atoms with Crippen LogP contribution in [-0.2, 0) is 26.3 Å². The summed E-state index contributed by atoms with van der Waals surface area (Å²) in [6.45, 7) is -1.06. The van der Waals surface area contributed by atoms with Crippen molar-refractivity contribution in [1.82, 2.24) is 4.47 Å². The summed E-state index contributed by atoms with van der Waals surface area (Å²) in [5.74, 6) is -1.40. The fourth-order valence-corrected chi connectivity index (χ4v) is 3.08. The highest BCUT2D eigenvalue weighted by Crippen LogP contribution is 2.20. The van der Waals surface area contributed by atoms with Crippen LogP contribution >= 0.6 is 0 Å². The number of nitro groups is 1. The Morgan fingerprint density at radius 1 is 1.12 bits per heavy atom. The van der Waals surface area contributed by atoms with E-state index >= 15 is 0 Å². The maximum atomic E-state index is 12.5. The summed E-state index contributed by atoms with van der Waals surface area (Å²) in [4.78, 5) is 25.8. The third kappa shape index (κ3) is 4.83. The number of hydrogen-bond donors (Lipinski definition) is 1. The summed E-state index contributed by atoms with van der Waals surface area (Å²) in [7, 11) is -4.30. The Hall–Kier alpha value is -2.82. The smallest absolute Gasteiger partial charge is 0.321 e. The predicted molar refractivity (Wildman–Crippen MR) is 85.9 cm³/mol. The average molecular weight is 366 g/mol. The van der Waals surface area contributed by atoms with Crippen LogP contribution in [0.1, 0.15) is 5.56 Å². The molecule has 1 N–H and O–H groups in total. The molecule has 0 fully saturated rings. The van der Waals surface area contributed by atoms with Crippen LogP contribution < -0.4 is 0 Å². The number of carboxylic acid groups (broad SMARTS) is 1. The number of benzene rings is 2. The molecule has 0 aliphatic carbocycles. The lowest BCUT2D eigenvalue weighted by atomic mass is 10.2. The van der Waals surface area contributed by atoms with E-state index in [1.807, 2.05) is 0 Å². The van der Waals surface area contributed by atoms with Gasteiger partial charge in [0.2, 0.25) is 0 Å². The van der Waals surface area contributed by atoms with Gasteiger partial charge in [0.25, 0.3) is 15.7 Å². The van der Waals surface area contributed by atoms with Gasteiger partial charge in [-0.1, -0.05) is 34.8 Å². The first-order chi connectivity index (χ1) is 11.8. The van der Waals surface area contributed by atoms with E-state index in [-0.39, 0.29) is 17.2 Å². The molecular weight excluding hydrogens is 352 g/mol. The van der Waals surface area contributed by atoms with Gasteiger partial charge in [0, 0.05) is 12.1 Å². The third-order valence-electron chi connectivity index (χ3n) is 3.10. The zero-order valence-electron chi connectivity index (χ0n) is 12.8. The molecule has 10 heteroatoms.